The second-order valence-corrected chi connectivity index (χ2v) is 6.93. The van der Waals surface area contributed by atoms with Crippen molar-refractivity contribution in [3.05, 3.63) is 35.9 Å². The molecule has 3 rings (SSSR count). The molecule has 122 valence electrons. The van der Waals surface area contributed by atoms with Crippen molar-refractivity contribution in [3.63, 3.8) is 0 Å². The molecular weight excluding hydrogens is 270 g/mol. The third-order valence-electron chi connectivity index (χ3n) is 5.45. The van der Waals surface area contributed by atoms with Gasteiger partial charge in [0.1, 0.15) is 0 Å². The van der Waals surface area contributed by atoms with Gasteiger partial charge in [-0.3, -0.25) is 4.90 Å². The van der Waals surface area contributed by atoms with Crippen LogP contribution in [0.15, 0.2) is 30.3 Å². The number of rotatable bonds is 6. The molecule has 2 saturated heterocycles. The number of nitrogens with zero attached hydrogens (tertiary/aromatic N) is 1. The Morgan fingerprint density at radius 2 is 1.73 bits per heavy atom. The summed E-state index contributed by atoms with van der Waals surface area (Å²) in [7, 11) is 0. The van der Waals surface area contributed by atoms with Crippen LogP contribution in [0.2, 0.25) is 0 Å². The monoisotopic (exact) mass is 301 g/mol. The van der Waals surface area contributed by atoms with E-state index in [1.165, 1.54) is 83.4 Å². The largest absolute Gasteiger partial charge is 0.317 e. The summed E-state index contributed by atoms with van der Waals surface area (Å²) in [6.07, 6.45) is 7.88. The quantitative estimate of drug-likeness (QED) is 0.790. The standard InChI is InChI=1S/C19H31N3/c1-3-7-18(8-4-1)9-5-2-6-15-22-16-14-21-17-19(22)10-12-20-13-11-19/h1,3-4,7-8,20-21H,2,5-6,9-17H2. The first-order valence-electron chi connectivity index (χ1n) is 9.10. The smallest absolute Gasteiger partial charge is 0.0358 e. The summed E-state index contributed by atoms with van der Waals surface area (Å²) >= 11 is 0. The molecule has 2 aliphatic rings. The number of hydrogen-bond acceptors (Lipinski definition) is 3. The normalized spacial score (nSPS) is 22.0. The predicted octanol–water partition coefficient (Wildman–Crippen LogP) is 2.43. The second kappa shape index (κ2) is 8.09. The minimum atomic E-state index is 0.447. The van der Waals surface area contributed by atoms with Gasteiger partial charge in [-0.2, -0.15) is 0 Å². The summed E-state index contributed by atoms with van der Waals surface area (Å²) in [5.74, 6) is 0. The van der Waals surface area contributed by atoms with E-state index in [2.05, 4.69) is 45.9 Å². The first kappa shape index (κ1) is 16.0. The minimum Gasteiger partial charge on any atom is -0.317 e. The lowest BCUT2D eigenvalue weighted by atomic mass is 9.84. The molecule has 22 heavy (non-hydrogen) atoms. The van der Waals surface area contributed by atoms with Gasteiger partial charge in [-0.05, 0) is 57.3 Å². The Morgan fingerprint density at radius 3 is 2.55 bits per heavy atom. The molecular formula is C19H31N3. The van der Waals surface area contributed by atoms with Crippen molar-refractivity contribution in [1.82, 2.24) is 15.5 Å². The van der Waals surface area contributed by atoms with Crippen LogP contribution in [0.1, 0.15) is 37.7 Å². The Kier molecular flexibility index (Phi) is 5.88. The van der Waals surface area contributed by atoms with E-state index in [1.54, 1.807) is 0 Å². The Morgan fingerprint density at radius 1 is 0.909 bits per heavy atom. The summed E-state index contributed by atoms with van der Waals surface area (Å²) in [5, 5.41) is 7.15. The van der Waals surface area contributed by atoms with Crippen LogP contribution in [0, 0.1) is 0 Å². The molecule has 0 aromatic heterocycles. The zero-order valence-electron chi connectivity index (χ0n) is 13.8. The van der Waals surface area contributed by atoms with E-state index >= 15 is 0 Å². The number of nitrogens with one attached hydrogen (secondary N) is 2. The Bertz CT molecular complexity index is 417. The van der Waals surface area contributed by atoms with E-state index in [0.29, 0.717) is 5.54 Å². The zero-order chi connectivity index (χ0) is 15.1. The van der Waals surface area contributed by atoms with Crippen LogP contribution < -0.4 is 10.6 Å². The molecule has 0 aliphatic carbocycles. The van der Waals surface area contributed by atoms with E-state index in [1.807, 2.05) is 0 Å². The van der Waals surface area contributed by atoms with Gasteiger partial charge in [-0.1, -0.05) is 36.8 Å². The van der Waals surface area contributed by atoms with Crippen LogP contribution in [-0.4, -0.2) is 49.7 Å². The molecule has 2 fully saturated rings. The molecule has 2 aliphatic heterocycles. The van der Waals surface area contributed by atoms with E-state index in [4.69, 9.17) is 0 Å². The van der Waals surface area contributed by atoms with Gasteiger partial charge in [0, 0.05) is 25.2 Å². The first-order chi connectivity index (χ1) is 10.9. The average molecular weight is 301 g/mol. The highest BCUT2D eigenvalue weighted by Crippen LogP contribution is 2.28. The van der Waals surface area contributed by atoms with Crippen molar-refractivity contribution < 1.29 is 0 Å². The summed E-state index contributed by atoms with van der Waals surface area (Å²) in [4.78, 5) is 2.80. The highest BCUT2D eigenvalue weighted by molar-refractivity contribution is 5.14. The lowest BCUT2D eigenvalue weighted by Crippen LogP contribution is -2.64. The molecule has 1 aromatic carbocycles. The van der Waals surface area contributed by atoms with Crippen molar-refractivity contribution in [2.24, 2.45) is 0 Å². The number of aryl methyl sites for hydroxylation is 1. The van der Waals surface area contributed by atoms with Gasteiger partial charge in [0.05, 0.1) is 0 Å². The maximum Gasteiger partial charge on any atom is 0.0358 e. The second-order valence-electron chi connectivity index (χ2n) is 6.93. The lowest BCUT2D eigenvalue weighted by molar-refractivity contribution is 0.0318. The number of unbranched alkanes of at least 4 members (excludes halogenated alkanes) is 2. The molecule has 1 aromatic rings. The molecule has 0 atom stereocenters. The van der Waals surface area contributed by atoms with Gasteiger partial charge in [0.2, 0.25) is 0 Å². The molecule has 0 amide bonds. The third-order valence-corrected chi connectivity index (χ3v) is 5.45. The highest BCUT2D eigenvalue weighted by Gasteiger charge is 2.39. The summed E-state index contributed by atoms with van der Waals surface area (Å²) in [6, 6.07) is 10.9. The van der Waals surface area contributed by atoms with Crippen LogP contribution in [0.5, 0.6) is 0 Å². The molecule has 2 heterocycles. The van der Waals surface area contributed by atoms with Crippen LogP contribution in [0.4, 0.5) is 0 Å². The fraction of sp³-hybridized carbons (Fsp3) is 0.684. The van der Waals surface area contributed by atoms with Crippen molar-refractivity contribution in [2.75, 3.05) is 39.3 Å². The molecule has 3 nitrogen and oxygen atoms in total. The van der Waals surface area contributed by atoms with Crippen molar-refractivity contribution in [2.45, 2.75) is 44.1 Å². The first-order valence-corrected chi connectivity index (χ1v) is 9.10. The van der Waals surface area contributed by atoms with Crippen LogP contribution in [0.3, 0.4) is 0 Å². The van der Waals surface area contributed by atoms with Crippen LogP contribution >= 0.6 is 0 Å². The van der Waals surface area contributed by atoms with Gasteiger partial charge in [0.25, 0.3) is 0 Å². The zero-order valence-corrected chi connectivity index (χ0v) is 13.8. The van der Waals surface area contributed by atoms with Crippen LogP contribution in [-0.2, 0) is 6.42 Å². The Balaban J connectivity index is 1.40. The van der Waals surface area contributed by atoms with Crippen LogP contribution in [0.25, 0.3) is 0 Å². The highest BCUT2D eigenvalue weighted by atomic mass is 15.3. The van der Waals surface area contributed by atoms with Gasteiger partial charge in [0.15, 0.2) is 0 Å². The van der Waals surface area contributed by atoms with Gasteiger partial charge < -0.3 is 10.6 Å². The average Bonchev–Trinajstić information content (AvgIpc) is 2.58. The summed E-state index contributed by atoms with van der Waals surface area (Å²) in [6.45, 7) is 7.26. The maximum atomic E-state index is 3.63. The molecule has 0 radical (unpaired) electrons. The van der Waals surface area contributed by atoms with E-state index in [-0.39, 0.29) is 0 Å². The molecule has 1 spiro atoms. The molecule has 0 unspecified atom stereocenters. The fourth-order valence-electron chi connectivity index (χ4n) is 4.07. The summed E-state index contributed by atoms with van der Waals surface area (Å²) in [5.41, 5.74) is 1.93. The predicted molar refractivity (Wildman–Crippen MR) is 93.3 cm³/mol. The van der Waals surface area contributed by atoms with Gasteiger partial charge >= 0.3 is 0 Å². The van der Waals surface area contributed by atoms with E-state index in [9.17, 15) is 0 Å². The number of piperazine rings is 1. The molecule has 2 N–H and O–H groups in total. The number of hydrogen-bond donors (Lipinski definition) is 2. The molecule has 3 heteroatoms. The third kappa shape index (κ3) is 4.09. The maximum absolute atomic E-state index is 3.63. The van der Waals surface area contributed by atoms with Crippen molar-refractivity contribution in [3.8, 4) is 0 Å². The number of piperidine rings is 1. The van der Waals surface area contributed by atoms with E-state index < -0.39 is 0 Å². The topological polar surface area (TPSA) is 27.3 Å². The van der Waals surface area contributed by atoms with E-state index in [0.717, 1.165) is 0 Å². The van der Waals surface area contributed by atoms with Gasteiger partial charge in [-0.25, -0.2) is 0 Å². The SMILES string of the molecule is c1ccc(CCCCCN2CCNCC23CCNCC3)cc1. The minimum absolute atomic E-state index is 0.447. The Labute approximate surface area is 135 Å². The summed E-state index contributed by atoms with van der Waals surface area (Å²) < 4.78 is 0. The lowest BCUT2D eigenvalue weighted by Gasteiger charge is -2.50. The van der Waals surface area contributed by atoms with Crippen molar-refractivity contribution in [1.29, 1.82) is 0 Å². The number of benzene rings is 1. The van der Waals surface area contributed by atoms with Crippen molar-refractivity contribution >= 4 is 0 Å². The molecule has 0 bridgehead atoms. The molecule has 0 saturated carbocycles. The van der Waals surface area contributed by atoms with Gasteiger partial charge in [-0.15, -0.1) is 0 Å². The fourth-order valence-corrected chi connectivity index (χ4v) is 4.07. The Hall–Kier alpha value is -0.900.